The van der Waals surface area contributed by atoms with Gasteiger partial charge in [0.15, 0.2) is 17.3 Å². The number of benzene rings is 2. The molecule has 0 aliphatic carbocycles. The molecule has 0 atom stereocenters. The number of nitrogens with one attached hydrogen (secondary N) is 1. The van der Waals surface area contributed by atoms with Gasteiger partial charge in [0.2, 0.25) is 0 Å². The predicted octanol–water partition coefficient (Wildman–Crippen LogP) is 4.47. The first-order chi connectivity index (χ1) is 14.4. The van der Waals surface area contributed by atoms with Crippen molar-refractivity contribution in [1.29, 1.82) is 0 Å². The fraction of sp³-hybridized carbons (Fsp3) is 0.174. The predicted molar refractivity (Wildman–Crippen MR) is 112 cm³/mol. The van der Waals surface area contributed by atoms with Crippen molar-refractivity contribution in [3.63, 3.8) is 0 Å². The Morgan fingerprint density at radius 2 is 1.79 bits per heavy atom. The van der Waals surface area contributed by atoms with Crippen LogP contribution < -0.4 is 14.8 Å². The van der Waals surface area contributed by atoms with Gasteiger partial charge in [-0.25, -0.2) is 9.97 Å². The number of aromatic nitrogens is 3. The summed E-state index contributed by atoms with van der Waals surface area (Å²) in [5.41, 5.74) is 2.87. The summed E-state index contributed by atoms with van der Waals surface area (Å²) >= 11 is 0. The van der Waals surface area contributed by atoms with Crippen LogP contribution >= 0.6 is 0 Å². The number of ether oxygens (including phenoxy) is 2. The van der Waals surface area contributed by atoms with Crippen LogP contribution in [0.2, 0.25) is 0 Å². The second kappa shape index (κ2) is 7.75. The van der Waals surface area contributed by atoms with Crippen LogP contribution in [0.1, 0.15) is 12.0 Å². The number of hydrogen-bond donors (Lipinski definition) is 1. The minimum Gasteiger partial charge on any atom is -0.490 e. The molecule has 1 aliphatic rings. The van der Waals surface area contributed by atoms with Gasteiger partial charge in [0.1, 0.15) is 5.82 Å². The second-order valence-corrected chi connectivity index (χ2v) is 6.84. The van der Waals surface area contributed by atoms with E-state index < -0.39 is 0 Å². The van der Waals surface area contributed by atoms with Gasteiger partial charge in [0.25, 0.3) is 0 Å². The molecule has 2 aromatic carbocycles. The summed E-state index contributed by atoms with van der Waals surface area (Å²) in [6.45, 7) is 1.98. The lowest BCUT2D eigenvalue weighted by atomic mass is 10.2. The quantitative estimate of drug-likeness (QED) is 0.560. The molecule has 6 nitrogen and oxygen atoms in total. The minimum atomic E-state index is 0.615. The Morgan fingerprint density at radius 1 is 0.897 bits per heavy atom. The van der Waals surface area contributed by atoms with Crippen molar-refractivity contribution in [3.8, 4) is 22.9 Å². The average molecular weight is 384 g/mol. The van der Waals surface area contributed by atoms with Crippen LogP contribution in [0.5, 0.6) is 11.5 Å². The zero-order valence-electron chi connectivity index (χ0n) is 15.8. The number of fused-ring (bicyclic) bond motifs is 2. The molecule has 3 heterocycles. The third-order valence-corrected chi connectivity index (χ3v) is 4.79. The molecule has 2 aromatic heterocycles. The molecule has 0 unspecified atom stereocenters. The zero-order chi connectivity index (χ0) is 19.5. The molecule has 4 aromatic rings. The number of para-hydroxylation sites is 1. The van der Waals surface area contributed by atoms with Gasteiger partial charge >= 0.3 is 0 Å². The molecule has 5 rings (SSSR count). The molecule has 29 heavy (non-hydrogen) atoms. The monoisotopic (exact) mass is 384 g/mol. The molecule has 1 N–H and O–H groups in total. The maximum atomic E-state index is 5.80. The molecule has 0 saturated heterocycles. The van der Waals surface area contributed by atoms with E-state index in [0.717, 1.165) is 45.8 Å². The van der Waals surface area contributed by atoms with Crippen LogP contribution in [0.25, 0.3) is 22.3 Å². The first-order valence-electron chi connectivity index (χ1n) is 9.66. The second-order valence-electron chi connectivity index (χ2n) is 6.84. The topological polar surface area (TPSA) is 69.2 Å². The van der Waals surface area contributed by atoms with Crippen molar-refractivity contribution < 1.29 is 9.47 Å². The third kappa shape index (κ3) is 3.69. The van der Waals surface area contributed by atoms with Crippen molar-refractivity contribution >= 4 is 16.7 Å². The molecular weight excluding hydrogens is 364 g/mol. The Labute approximate surface area is 168 Å². The van der Waals surface area contributed by atoms with E-state index in [1.807, 2.05) is 54.6 Å². The van der Waals surface area contributed by atoms with Gasteiger partial charge in [-0.05, 0) is 42.0 Å². The molecule has 0 bridgehead atoms. The highest BCUT2D eigenvalue weighted by Gasteiger charge is 2.12. The number of rotatable bonds is 4. The lowest BCUT2D eigenvalue weighted by molar-refractivity contribution is 0.297. The molecule has 0 fully saturated rings. The molecule has 0 radical (unpaired) electrons. The fourth-order valence-electron chi connectivity index (χ4n) is 3.34. The van der Waals surface area contributed by atoms with E-state index in [4.69, 9.17) is 19.4 Å². The lowest BCUT2D eigenvalue weighted by Gasteiger charge is -2.13. The largest absolute Gasteiger partial charge is 0.490 e. The van der Waals surface area contributed by atoms with Gasteiger partial charge < -0.3 is 14.8 Å². The Hall–Kier alpha value is -3.67. The SMILES string of the molecule is c1cncc(-c2nc(NCc3ccc4c(c3)OCCCO4)c3ccccc3n2)c1. The Bertz CT molecular complexity index is 1150. The molecule has 0 spiro atoms. The van der Waals surface area contributed by atoms with E-state index in [2.05, 4.69) is 10.3 Å². The number of nitrogens with zero attached hydrogens (tertiary/aromatic N) is 3. The van der Waals surface area contributed by atoms with Crippen LogP contribution in [0.15, 0.2) is 67.0 Å². The molecule has 6 heteroatoms. The maximum absolute atomic E-state index is 5.80. The first kappa shape index (κ1) is 17.4. The Morgan fingerprint density at radius 3 is 2.69 bits per heavy atom. The van der Waals surface area contributed by atoms with Gasteiger partial charge in [0.05, 0.1) is 18.7 Å². The van der Waals surface area contributed by atoms with Crippen LogP contribution in [-0.2, 0) is 6.54 Å². The molecule has 1 aliphatic heterocycles. The van der Waals surface area contributed by atoms with Crippen LogP contribution in [-0.4, -0.2) is 28.2 Å². The number of anilines is 1. The maximum Gasteiger partial charge on any atom is 0.163 e. The minimum absolute atomic E-state index is 0.615. The van der Waals surface area contributed by atoms with Crippen molar-refractivity contribution in [2.24, 2.45) is 0 Å². The van der Waals surface area contributed by atoms with E-state index in [9.17, 15) is 0 Å². The highest BCUT2D eigenvalue weighted by molar-refractivity contribution is 5.90. The van der Waals surface area contributed by atoms with Crippen molar-refractivity contribution in [3.05, 3.63) is 72.6 Å². The van der Waals surface area contributed by atoms with Gasteiger partial charge in [0, 0.05) is 36.3 Å². The summed E-state index contributed by atoms with van der Waals surface area (Å²) in [7, 11) is 0. The van der Waals surface area contributed by atoms with E-state index in [1.54, 1.807) is 12.4 Å². The number of pyridine rings is 1. The zero-order valence-corrected chi connectivity index (χ0v) is 15.8. The molecule has 0 saturated carbocycles. The summed E-state index contributed by atoms with van der Waals surface area (Å²) in [5.74, 6) is 3.04. The van der Waals surface area contributed by atoms with Gasteiger partial charge in [-0.1, -0.05) is 18.2 Å². The van der Waals surface area contributed by atoms with Crippen molar-refractivity contribution in [2.75, 3.05) is 18.5 Å². The van der Waals surface area contributed by atoms with E-state index in [1.165, 1.54) is 0 Å². The van der Waals surface area contributed by atoms with Gasteiger partial charge in [-0.3, -0.25) is 4.98 Å². The highest BCUT2D eigenvalue weighted by Crippen LogP contribution is 2.31. The van der Waals surface area contributed by atoms with Crippen LogP contribution in [0.4, 0.5) is 5.82 Å². The van der Waals surface area contributed by atoms with Crippen molar-refractivity contribution in [2.45, 2.75) is 13.0 Å². The normalized spacial score (nSPS) is 13.1. The molecule has 144 valence electrons. The lowest BCUT2D eigenvalue weighted by Crippen LogP contribution is -2.05. The van der Waals surface area contributed by atoms with Gasteiger partial charge in [-0.15, -0.1) is 0 Å². The summed E-state index contributed by atoms with van der Waals surface area (Å²) < 4.78 is 11.5. The first-order valence-corrected chi connectivity index (χ1v) is 9.66. The summed E-state index contributed by atoms with van der Waals surface area (Å²) in [6, 6.07) is 17.9. The third-order valence-electron chi connectivity index (χ3n) is 4.79. The molecule has 0 amide bonds. The van der Waals surface area contributed by atoms with Crippen LogP contribution in [0, 0.1) is 0 Å². The van der Waals surface area contributed by atoms with Crippen molar-refractivity contribution in [1.82, 2.24) is 15.0 Å². The standard InChI is InChI=1S/C23H20N4O2/c1-2-7-19-18(6-1)23(27-22(26-19)17-5-3-10-24-15-17)25-14-16-8-9-20-21(13-16)29-12-4-11-28-20/h1-3,5-10,13,15H,4,11-12,14H2,(H,25,26,27). The van der Waals surface area contributed by atoms with E-state index >= 15 is 0 Å². The fourth-order valence-corrected chi connectivity index (χ4v) is 3.34. The Kier molecular flexibility index (Phi) is 4.66. The summed E-state index contributed by atoms with van der Waals surface area (Å²) in [4.78, 5) is 13.7. The summed E-state index contributed by atoms with van der Waals surface area (Å²) in [5, 5.41) is 4.45. The number of hydrogen-bond acceptors (Lipinski definition) is 6. The molecular formula is C23H20N4O2. The Balaban J connectivity index is 1.46. The average Bonchev–Trinajstić information content (AvgIpc) is 3.03. The van der Waals surface area contributed by atoms with E-state index in [0.29, 0.717) is 25.6 Å². The smallest absolute Gasteiger partial charge is 0.163 e. The van der Waals surface area contributed by atoms with Gasteiger partial charge in [-0.2, -0.15) is 0 Å². The summed E-state index contributed by atoms with van der Waals surface area (Å²) in [6.07, 6.45) is 4.41. The van der Waals surface area contributed by atoms with Crippen LogP contribution in [0.3, 0.4) is 0 Å². The highest BCUT2D eigenvalue weighted by atomic mass is 16.5. The van der Waals surface area contributed by atoms with E-state index in [-0.39, 0.29) is 0 Å².